The summed E-state index contributed by atoms with van der Waals surface area (Å²) in [6, 6.07) is 1.37. The first-order valence-electron chi connectivity index (χ1n) is 8.96. The molecule has 1 fully saturated rings. The number of rotatable bonds is 8. The maximum absolute atomic E-state index is 12.0. The number of nitrogens with zero attached hydrogens (tertiary/aromatic N) is 2. The molecule has 1 aromatic rings. The van der Waals surface area contributed by atoms with E-state index >= 15 is 0 Å². The molecule has 1 aliphatic carbocycles. The van der Waals surface area contributed by atoms with Crippen molar-refractivity contribution in [3.63, 3.8) is 0 Å². The van der Waals surface area contributed by atoms with Crippen LogP contribution in [0.4, 0.5) is 0 Å². The molecule has 0 bridgehead atoms. The molecule has 0 radical (unpaired) electrons. The summed E-state index contributed by atoms with van der Waals surface area (Å²) in [5, 5.41) is 3.61. The number of carbonyl (C=O) groups excluding carboxylic acids is 1. The number of pyridine rings is 1. The minimum Gasteiger partial charge on any atom is -0.476 e. The van der Waals surface area contributed by atoms with E-state index in [9.17, 15) is 4.79 Å². The van der Waals surface area contributed by atoms with Gasteiger partial charge in [0.1, 0.15) is 5.02 Å². The lowest BCUT2D eigenvalue weighted by atomic mass is 10.0. The van der Waals surface area contributed by atoms with Gasteiger partial charge in [-0.25, -0.2) is 14.8 Å². The van der Waals surface area contributed by atoms with E-state index in [1.807, 2.05) is 6.07 Å². The van der Waals surface area contributed by atoms with E-state index in [0.29, 0.717) is 35.5 Å². The Bertz CT molecular complexity index is 787. The SMILES string of the molecule is CCOC(=O)C1=NC=CC(N)/C1=C\NCc1cnc(OCC2CC2)c(Cl)c1. The lowest BCUT2D eigenvalue weighted by Crippen LogP contribution is -2.33. The van der Waals surface area contributed by atoms with Gasteiger partial charge in [-0.1, -0.05) is 11.6 Å². The number of esters is 1. The van der Waals surface area contributed by atoms with Crippen LogP contribution < -0.4 is 15.8 Å². The van der Waals surface area contributed by atoms with Crippen molar-refractivity contribution in [3.05, 3.63) is 46.9 Å². The number of hydrogen-bond acceptors (Lipinski definition) is 7. The molecule has 1 aromatic heterocycles. The maximum Gasteiger partial charge on any atom is 0.357 e. The van der Waals surface area contributed by atoms with Crippen LogP contribution in [-0.2, 0) is 16.1 Å². The summed E-state index contributed by atoms with van der Waals surface area (Å²) < 4.78 is 10.7. The van der Waals surface area contributed by atoms with E-state index in [1.54, 1.807) is 25.4 Å². The number of nitrogens with two attached hydrogens (primary N) is 1. The predicted molar refractivity (Wildman–Crippen MR) is 104 cm³/mol. The third kappa shape index (κ3) is 5.30. The molecule has 1 atom stereocenters. The highest BCUT2D eigenvalue weighted by atomic mass is 35.5. The predicted octanol–water partition coefficient (Wildman–Crippen LogP) is 2.36. The van der Waals surface area contributed by atoms with E-state index in [1.165, 1.54) is 19.0 Å². The zero-order valence-electron chi connectivity index (χ0n) is 15.2. The quantitative estimate of drug-likeness (QED) is 0.661. The number of nitrogens with one attached hydrogen (secondary N) is 1. The molecule has 2 aliphatic rings. The number of carbonyl (C=O) groups is 1. The summed E-state index contributed by atoms with van der Waals surface area (Å²) in [7, 11) is 0. The summed E-state index contributed by atoms with van der Waals surface area (Å²) in [6.07, 6.45) is 9.03. The van der Waals surface area contributed by atoms with Crippen LogP contribution in [0.1, 0.15) is 25.3 Å². The van der Waals surface area contributed by atoms with Crippen LogP contribution in [0.3, 0.4) is 0 Å². The van der Waals surface area contributed by atoms with Crippen molar-refractivity contribution in [3.8, 4) is 5.88 Å². The molecule has 7 nitrogen and oxygen atoms in total. The minimum absolute atomic E-state index is 0.208. The van der Waals surface area contributed by atoms with Crippen molar-refractivity contribution in [2.75, 3.05) is 13.2 Å². The first-order valence-corrected chi connectivity index (χ1v) is 9.34. The third-order valence-electron chi connectivity index (χ3n) is 4.18. The number of aliphatic imine (C=N–C) groups is 1. The fraction of sp³-hybridized carbons (Fsp3) is 0.421. The van der Waals surface area contributed by atoms with Gasteiger partial charge in [-0.2, -0.15) is 0 Å². The summed E-state index contributed by atoms with van der Waals surface area (Å²) in [6.45, 7) is 3.15. The van der Waals surface area contributed by atoms with Crippen LogP contribution >= 0.6 is 11.6 Å². The normalized spacial score (nSPS) is 20.3. The smallest absolute Gasteiger partial charge is 0.357 e. The van der Waals surface area contributed by atoms with Crippen molar-refractivity contribution >= 4 is 23.3 Å². The van der Waals surface area contributed by atoms with Crippen LogP contribution in [0.25, 0.3) is 0 Å². The van der Waals surface area contributed by atoms with Crippen LogP contribution in [0.5, 0.6) is 5.88 Å². The summed E-state index contributed by atoms with van der Waals surface area (Å²) >= 11 is 6.24. The molecule has 8 heteroatoms. The van der Waals surface area contributed by atoms with Gasteiger partial charge in [0.25, 0.3) is 0 Å². The number of hydrogen-bond donors (Lipinski definition) is 2. The van der Waals surface area contributed by atoms with Gasteiger partial charge in [-0.05, 0) is 43.4 Å². The Morgan fingerprint density at radius 1 is 1.48 bits per heavy atom. The standard InChI is InChI=1S/C19H23ClN4O3/c1-2-26-19(25)17-14(16(21)5-6-23-17)10-22-8-13-7-15(20)18(24-9-13)27-11-12-3-4-12/h5-7,9-10,12,16,22H,2-4,8,11,21H2,1H3/b14-10+. The Balaban J connectivity index is 1.61. The van der Waals surface area contributed by atoms with Crippen molar-refractivity contribution in [1.29, 1.82) is 0 Å². The molecule has 0 saturated heterocycles. The first kappa shape index (κ1) is 19.4. The molecule has 3 N–H and O–H groups in total. The van der Waals surface area contributed by atoms with Gasteiger partial charge in [0.05, 0.1) is 19.3 Å². The second-order valence-corrected chi connectivity index (χ2v) is 6.84. The van der Waals surface area contributed by atoms with E-state index in [4.69, 9.17) is 26.8 Å². The number of aromatic nitrogens is 1. The fourth-order valence-corrected chi connectivity index (χ4v) is 2.75. The van der Waals surface area contributed by atoms with Crippen LogP contribution in [0.2, 0.25) is 5.02 Å². The molecule has 3 rings (SSSR count). The molecular formula is C19H23ClN4O3. The number of halogens is 1. The second-order valence-electron chi connectivity index (χ2n) is 6.43. The van der Waals surface area contributed by atoms with E-state index in [0.717, 1.165) is 5.56 Å². The van der Waals surface area contributed by atoms with Crippen LogP contribution in [0, 0.1) is 5.92 Å². The Morgan fingerprint density at radius 3 is 3.00 bits per heavy atom. The van der Waals surface area contributed by atoms with Crippen molar-refractivity contribution in [1.82, 2.24) is 10.3 Å². The molecule has 0 spiro atoms. The van der Waals surface area contributed by atoms with Gasteiger partial charge in [-0.15, -0.1) is 0 Å². The van der Waals surface area contributed by atoms with Gasteiger partial charge in [-0.3, -0.25) is 0 Å². The highest BCUT2D eigenvalue weighted by molar-refractivity contribution is 6.44. The van der Waals surface area contributed by atoms with Gasteiger partial charge in [0.2, 0.25) is 5.88 Å². The molecule has 1 aliphatic heterocycles. The molecule has 27 heavy (non-hydrogen) atoms. The Morgan fingerprint density at radius 2 is 2.30 bits per heavy atom. The van der Waals surface area contributed by atoms with Crippen LogP contribution in [-0.4, -0.2) is 35.9 Å². The maximum atomic E-state index is 12.0. The lowest BCUT2D eigenvalue weighted by Gasteiger charge is -2.17. The van der Waals surface area contributed by atoms with Crippen molar-refractivity contribution in [2.45, 2.75) is 32.4 Å². The second kappa shape index (κ2) is 9.01. The van der Waals surface area contributed by atoms with Gasteiger partial charge in [0.15, 0.2) is 5.71 Å². The monoisotopic (exact) mass is 390 g/mol. The van der Waals surface area contributed by atoms with Gasteiger partial charge >= 0.3 is 5.97 Å². The van der Waals surface area contributed by atoms with Crippen LogP contribution in [0.15, 0.2) is 41.3 Å². The average molecular weight is 391 g/mol. The molecule has 2 heterocycles. The minimum atomic E-state index is -0.493. The molecular weight excluding hydrogens is 368 g/mol. The molecule has 144 valence electrons. The topological polar surface area (TPSA) is 98.8 Å². The third-order valence-corrected chi connectivity index (χ3v) is 4.45. The molecule has 1 unspecified atom stereocenters. The average Bonchev–Trinajstić information content (AvgIpc) is 3.47. The highest BCUT2D eigenvalue weighted by Crippen LogP contribution is 2.31. The molecule has 0 amide bonds. The largest absolute Gasteiger partial charge is 0.476 e. The molecule has 1 saturated carbocycles. The zero-order valence-corrected chi connectivity index (χ0v) is 15.9. The van der Waals surface area contributed by atoms with E-state index in [-0.39, 0.29) is 12.3 Å². The van der Waals surface area contributed by atoms with Gasteiger partial charge < -0.3 is 20.5 Å². The van der Waals surface area contributed by atoms with E-state index < -0.39 is 12.0 Å². The van der Waals surface area contributed by atoms with Gasteiger partial charge in [0, 0.05) is 30.7 Å². The first-order chi connectivity index (χ1) is 13.1. The van der Waals surface area contributed by atoms with Crippen molar-refractivity contribution < 1.29 is 14.3 Å². The lowest BCUT2D eigenvalue weighted by molar-refractivity contribution is -0.135. The van der Waals surface area contributed by atoms with Crippen molar-refractivity contribution in [2.24, 2.45) is 16.6 Å². The highest BCUT2D eigenvalue weighted by Gasteiger charge is 2.24. The summed E-state index contributed by atoms with van der Waals surface area (Å²) in [5.74, 6) is 0.605. The Kier molecular flexibility index (Phi) is 6.47. The Labute approximate surface area is 163 Å². The zero-order chi connectivity index (χ0) is 19.2. The number of ether oxygens (including phenoxy) is 2. The summed E-state index contributed by atoms with van der Waals surface area (Å²) in [4.78, 5) is 20.4. The fourth-order valence-electron chi connectivity index (χ4n) is 2.51. The summed E-state index contributed by atoms with van der Waals surface area (Å²) in [5.41, 5.74) is 7.71. The Hall–Kier alpha value is -2.38. The van der Waals surface area contributed by atoms with E-state index in [2.05, 4.69) is 15.3 Å². The molecule has 0 aromatic carbocycles.